The van der Waals surface area contributed by atoms with Gasteiger partial charge in [-0.2, -0.15) is 0 Å². The van der Waals surface area contributed by atoms with E-state index >= 15 is 0 Å². The Labute approximate surface area is 197 Å². The molecule has 34 heavy (non-hydrogen) atoms. The van der Waals surface area contributed by atoms with Crippen LogP contribution >= 0.6 is 0 Å². The highest BCUT2D eigenvalue weighted by atomic mass is 16.3. The Morgan fingerprint density at radius 3 is 2.06 bits per heavy atom. The van der Waals surface area contributed by atoms with Gasteiger partial charge in [-0.1, -0.05) is 78.9 Å². The quantitative estimate of drug-likeness (QED) is 0.280. The van der Waals surface area contributed by atoms with Gasteiger partial charge in [-0.05, 0) is 75.1 Å². The van der Waals surface area contributed by atoms with Gasteiger partial charge < -0.3 is 9.73 Å². The molecule has 0 spiro atoms. The Morgan fingerprint density at radius 1 is 0.412 bits per heavy atom. The zero-order valence-corrected chi connectivity index (χ0v) is 18.5. The average molecular weight is 436 g/mol. The van der Waals surface area contributed by atoms with Crippen molar-refractivity contribution in [2.45, 2.75) is 0 Å². The van der Waals surface area contributed by atoms with Gasteiger partial charge in [-0.25, -0.2) is 0 Å². The van der Waals surface area contributed by atoms with E-state index in [-0.39, 0.29) is 0 Å². The molecule has 0 aliphatic heterocycles. The van der Waals surface area contributed by atoms with Gasteiger partial charge in [0.2, 0.25) is 0 Å². The number of anilines is 2. The number of hydrogen-bond acceptors (Lipinski definition) is 2. The van der Waals surface area contributed by atoms with E-state index in [2.05, 4.69) is 102 Å². The second kappa shape index (κ2) is 7.50. The first-order valence-corrected chi connectivity index (χ1v) is 11.5. The van der Waals surface area contributed by atoms with E-state index in [9.17, 15) is 0 Å². The maximum atomic E-state index is 5.97. The van der Waals surface area contributed by atoms with Gasteiger partial charge in [0.05, 0.1) is 0 Å². The van der Waals surface area contributed by atoms with Crippen LogP contribution in [0.5, 0.6) is 0 Å². The number of rotatable bonds is 3. The van der Waals surface area contributed by atoms with Crippen LogP contribution in [0, 0.1) is 0 Å². The molecular formula is C32H21NO. The molecule has 0 aliphatic carbocycles. The zero-order valence-electron chi connectivity index (χ0n) is 18.5. The third-order valence-corrected chi connectivity index (χ3v) is 6.61. The average Bonchev–Trinajstić information content (AvgIpc) is 3.26. The third kappa shape index (κ3) is 3.12. The predicted molar refractivity (Wildman–Crippen MR) is 144 cm³/mol. The van der Waals surface area contributed by atoms with Crippen LogP contribution in [0.4, 0.5) is 11.4 Å². The predicted octanol–water partition coefficient (Wildman–Crippen LogP) is 9.30. The van der Waals surface area contributed by atoms with Gasteiger partial charge in [0, 0.05) is 22.1 Å². The second-order valence-corrected chi connectivity index (χ2v) is 8.74. The van der Waals surface area contributed by atoms with Crippen LogP contribution in [-0.4, -0.2) is 0 Å². The molecular weight excluding hydrogens is 414 g/mol. The first-order valence-electron chi connectivity index (χ1n) is 11.5. The van der Waals surface area contributed by atoms with E-state index in [0.29, 0.717) is 0 Å². The van der Waals surface area contributed by atoms with Crippen molar-refractivity contribution in [2.24, 2.45) is 0 Å². The molecule has 0 atom stereocenters. The summed E-state index contributed by atoms with van der Waals surface area (Å²) in [4.78, 5) is 0. The Morgan fingerprint density at radius 2 is 1.12 bits per heavy atom. The lowest BCUT2D eigenvalue weighted by Gasteiger charge is -2.11. The number of nitrogens with one attached hydrogen (secondary N) is 1. The highest BCUT2D eigenvalue weighted by Gasteiger charge is 2.08. The number of benzene rings is 6. The second-order valence-electron chi connectivity index (χ2n) is 8.74. The standard InChI is InChI=1S/C32H21NO/c1-2-9-27-21(6-1)12-13-22-14-15-24(19-29(22)27)23-7-5-8-25(18-23)33-26-16-17-32-30(20-26)28-10-3-4-11-31(28)34-32/h1-20,33H. The lowest BCUT2D eigenvalue weighted by molar-refractivity contribution is 0.669. The molecule has 0 saturated carbocycles. The summed E-state index contributed by atoms with van der Waals surface area (Å²) >= 11 is 0. The highest BCUT2D eigenvalue weighted by molar-refractivity contribution is 6.09. The third-order valence-electron chi connectivity index (χ3n) is 6.61. The van der Waals surface area contributed by atoms with Crippen molar-refractivity contribution >= 4 is 54.9 Å². The number of para-hydroxylation sites is 1. The van der Waals surface area contributed by atoms with Crippen LogP contribution in [-0.2, 0) is 0 Å². The lowest BCUT2D eigenvalue weighted by atomic mass is 9.97. The van der Waals surface area contributed by atoms with Crippen LogP contribution in [0.25, 0.3) is 54.6 Å². The molecule has 6 aromatic carbocycles. The molecule has 0 fully saturated rings. The number of furan rings is 1. The van der Waals surface area contributed by atoms with E-state index in [0.717, 1.165) is 33.3 Å². The molecule has 2 heteroatoms. The van der Waals surface area contributed by atoms with E-state index < -0.39 is 0 Å². The van der Waals surface area contributed by atoms with Crippen molar-refractivity contribution < 1.29 is 4.42 Å². The fourth-order valence-electron chi connectivity index (χ4n) is 4.93. The molecule has 0 bridgehead atoms. The van der Waals surface area contributed by atoms with Gasteiger partial charge in [0.15, 0.2) is 0 Å². The van der Waals surface area contributed by atoms with Crippen LogP contribution in [0.1, 0.15) is 0 Å². The summed E-state index contributed by atoms with van der Waals surface area (Å²) in [7, 11) is 0. The molecule has 7 aromatic rings. The maximum absolute atomic E-state index is 5.97. The highest BCUT2D eigenvalue weighted by Crippen LogP contribution is 2.33. The summed E-state index contributed by atoms with van der Waals surface area (Å²) < 4.78 is 5.97. The first kappa shape index (κ1) is 19.0. The Balaban J connectivity index is 1.27. The molecule has 1 aromatic heterocycles. The van der Waals surface area contributed by atoms with Crippen molar-refractivity contribution in [3.8, 4) is 11.1 Å². The molecule has 7 rings (SSSR count). The minimum Gasteiger partial charge on any atom is -0.456 e. The lowest BCUT2D eigenvalue weighted by Crippen LogP contribution is -1.90. The van der Waals surface area contributed by atoms with Gasteiger partial charge >= 0.3 is 0 Å². The molecule has 1 heterocycles. The topological polar surface area (TPSA) is 25.2 Å². The van der Waals surface area contributed by atoms with Gasteiger partial charge in [0.25, 0.3) is 0 Å². The van der Waals surface area contributed by atoms with Crippen molar-refractivity contribution in [2.75, 3.05) is 5.32 Å². The molecule has 0 amide bonds. The van der Waals surface area contributed by atoms with Crippen LogP contribution < -0.4 is 5.32 Å². The van der Waals surface area contributed by atoms with Gasteiger partial charge in [-0.15, -0.1) is 0 Å². The summed E-state index contributed by atoms with van der Waals surface area (Å²) in [6.45, 7) is 0. The van der Waals surface area contributed by atoms with Gasteiger partial charge in [0.1, 0.15) is 11.2 Å². The van der Waals surface area contributed by atoms with Crippen molar-refractivity contribution in [3.05, 3.63) is 121 Å². The van der Waals surface area contributed by atoms with E-state index in [4.69, 9.17) is 4.42 Å². The maximum Gasteiger partial charge on any atom is 0.135 e. The minimum atomic E-state index is 0.906. The minimum absolute atomic E-state index is 0.906. The molecule has 160 valence electrons. The fourth-order valence-corrected chi connectivity index (χ4v) is 4.93. The largest absolute Gasteiger partial charge is 0.456 e. The van der Waals surface area contributed by atoms with Crippen molar-refractivity contribution in [3.63, 3.8) is 0 Å². The Kier molecular flexibility index (Phi) is 4.18. The van der Waals surface area contributed by atoms with Gasteiger partial charge in [-0.3, -0.25) is 0 Å². The molecule has 0 aliphatic rings. The Hall–Kier alpha value is -4.56. The monoisotopic (exact) mass is 435 g/mol. The molecule has 0 saturated heterocycles. The number of fused-ring (bicyclic) bond motifs is 6. The summed E-state index contributed by atoms with van der Waals surface area (Å²) in [5, 5.41) is 10.9. The Bertz CT molecular complexity index is 1840. The smallest absolute Gasteiger partial charge is 0.135 e. The zero-order chi connectivity index (χ0) is 22.5. The summed E-state index contributed by atoms with van der Waals surface area (Å²) in [5.41, 5.74) is 6.33. The van der Waals surface area contributed by atoms with Crippen molar-refractivity contribution in [1.29, 1.82) is 0 Å². The summed E-state index contributed by atoms with van der Waals surface area (Å²) in [6, 6.07) is 42.8. The van der Waals surface area contributed by atoms with Crippen LogP contribution in [0.15, 0.2) is 126 Å². The summed E-state index contributed by atoms with van der Waals surface area (Å²) in [5.74, 6) is 0. The van der Waals surface area contributed by atoms with E-state index in [1.54, 1.807) is 0 Å². The molecule has 0 unspecified atom stereocenters. The molecule has 0 radical (unpaired) electrons. The normalized spacial score (nSPS) is 11.5. The fraction of sp³-hybridized carbons (Fsp3) is 0. The van der Waals surface area contributed by atoms with Crippen LogP contribution in [0.3, 0.4) is 0 Å². The van der Waals surface area contributed by atoms with E-state index in [1.165, 1.54) is 32.7 Å². The SMILES string of the molecule is c1cc(Nc2ccc3oc4ccccc4c3c2)cc(-c2ccc3ccc4ccccc4c3c2)c1. The number of hydrogen-bond donors (Lipinski definition) is 1. The van der Waals surface area contributed by atoms with E-state index in [1.807, 2.05) is 24.3 Å². The summed E-state index contributed by atoms with van der Waals surface area (Å²) in [6.07, 6.45) is 0. The first-order chi connectivity index (χ1) is 16.8. The molecule has 1 N–H and O–H groups in total. The molecule has 2 nitrogen and oxygen atoms in total. The van der Waals surface area contributed by atoms with Crippen LogP contribution in [0.2, 0.25) is 0 Å². The van der Waals surface area contributed by atoms with Crippen molar-refractivity contribution in [1.82, 2.24) is 0 Å².